The fourth-order valence-corrected chi connectivity index (χ4v) is 5.35. The van der Waals surface area contributed by atoms with Gasteiger partial charge in [0, 0.05) is 36.1 Å². The number of rotatable bonds is 5. The molecule has 2 heterocycles. The Morgan fingerprint density at radius 2 is 1.87 bits per heavy atom. The molecule has 8 nitrogen and oxygen atoms in total. The van der Waals surface area contributed by atoms with Gasteiger partial charge in [-0.25, -0.2) is 13.2 Å². The minimum atomic E-state index is -3.77. The van der Waals surface area contributed by atoms with Gasteiger partial charge in [0.2, 0.25) is 10.0 Å². The number of pyridine rings is 1. The van der Waals surface area contributed by atoms with Crippen molar-refractivity contribution in [1.82, 2.24) is 8.87 Å². The molecule has 0 aliphatic carbocycles. The van der Waals surface area contributed by atoms with Crippen molar-refractivity contribution in [3.8, 4) is 0 Å². The van der Waals surface area contributed by atoms with Gasteiger partial charge in [0.25, 0.3) is 5.56 Å². The lowest BCUT2D eigenvalue weighted by Gasteiger charge is -2.17. The van der Waals surface area contributed by atoms with Crippen LogP contribution in [0.25, 0.3) is 10.8 Å². The Hall–Kier alpha value is -3.01. The monoisotopic (exact) mass is 441 g/mol. The third kappa shape index (κ3) is 4.12. The van der Waals surface area contributed by atoms with E-state index in [0.29, 0.717) is 23.9 Å². The van der Waals surface area contributed by atoms with Gasteiger partial charge in [0.15, 0.2) is 6.73 Å². The van der Waals surface area contributed by atoms with E-state index in [1.807, 2.05) is 6.92 Å². The maximum Gasteiger partial charge on any atom is 0.339 e. The number of hydrogen-bond donors (Lipinski definition) is 1. The average Bonchev–Trinajstić information content (AvgIpc) is 3.20. The van der Waals surface area contributed by atoms with E-state index in [1.54, 1.807) is 36.4 Å². The van der Waals surface area contributed by atoms with Gasteiger partial charge < -0.3 is 10.5 Å². The number of nitrogens with zero attached hydrogens (tertiary/aromatic N) is 2. The van der Waals surface area contributed by atoms with Crippen LogP contribution in [0.15, 0.2) is 64.4 Å². The molecule has 1 aromatic heterocycles. The lowest BCUT2D eigenvalue weighted by molar-refractivity contribution is 0.0367. The molecule has 0 unspecified atom stereocenters. The van der Waals surface area contributed by atoms with Crippen molar-refractivity contribution >= 4 is 26.8 Å². The Morgan fingerprint density at radius 3 is 2.55 bits per heavy atom. The Bertz CT molecular complexity index is 1300. The molecule has 0 bridgehead atoms. The number of nitrogens with two attached hydrogens (primary N) is 1. The number of esters is 1. The van der Waals surface area contributed by atoms with Crippen LogP contribution in [0.3, 0.4) is 0 Å². The Labute approximate surface area is 179 Å². The fraction of sp³-hybridized carbons (Fsp3) is 0.273. The molecule has 162 valence electrons. The third-order valence-electron chi connectivity index (χ3n) is 5.41. The molecule has 1 atom stereocenters. The van der Waals surface area contributed by atoms with Gasteiger partial charge in [-0.3, -0.25) is 9.36 Å². The van der Waals surface area contributed by atoms with Gasteiger partial charge in [-0.05, 0) is 43.7 Å². The summed E-state index contributed by atoms with van der Waals surface area (Å²) in [7, 11) is -3.77. The highest BCUT2D eigenvalue weighted by Gasteiger charge is 2.32. The van der Waals surface area contributed by atoms with E-state index in [9.17, 15) is 18.0 Å². The van der Waals surface area contributed by atoms with Gasteiger partial charge >= 0.3 is 5.97 Å². The normalized spacial score (nSPS) is 17.2. The quantitative estimate of drug-likeness (QED) is 0.605. The van der Waals surface area contributed by atoms with Gasteiger partial charge in [-0.2, -0.15) is 4.31 Å². The number of carbonyl (C=O) groups excluding carboxylic acids is 1. The summed E-state index contributed by atoms with van der Waals surface area (Å²) in [4.78, 5) is 25.2. The number of sulfonamides is 1. The standard InChI is InChI=1S/C22H23N3O5S/c1-15-5-7-16(8-6-15)22(27)30-14-24-11-10-18-19(21(24)26)3-2-4-20(18)31(28,29)25-12-9-17(23)13-25/h2-8,10-11,17H,9,12-14,23H2,1H3/t17-/m0/s1. The molecular weight excluding hydrogens is 418 g/mol. The van der Waals surface area contributed by atoms with Crippen molar-refractivity contribution in [2.45, 2.75) is 31.0 Å². The summed E-state index contributed by atoms with van der Waals surface area (Å²) in [5.74, 6) is -0.548. The van der Waals surface area contributed by atoms with E-state index in [0.717, 1.165) is 5.56 Å². The van der Waals surface area contributed by atoms with Crippen molar-refractivity contribution in [2.75, 3.05) is 13.1 Å². The summed E-state index contributed by atoms with van der Waals surface area (Å²) < 4.78 is 34.0. The molecule has 0 radical (unpaired) electrons. The summed E-state index contributed by atoms with van der Waals surface area (Å²) >= 11 is 0. The minimum Gasteiger partial charge on any atom is -0.440 e. The molecule has 4 rings (SSSR count). The lowest BCUT2D eigenvalue weighted by Crippen LogP contribution is -2.32. The number of aromatic nitrogens is 1. The van der Waals surface area contributed by atoms with Crippen LogP contribution in [0, 0.1) is 6.92 Å². The predicted molar refractivity (Wildman–Crippen MR) is 116 cm³/mol. The summed E-state index contributed by atoms with van der Waals surface area (Å²) in [5.41, 5.74) is 6.83. The number of aryl methyl sites for hydroxylation is 1. The molecule has 0 spiro atoms. The molecule has 2 N–H and O–H groups in total. The van der Waals surface area contributed by atoms with Crippen molar-refractivity contribution < 1.29 is 17.9 Å². The summed E-state index contributed by atoms with van der Waals surface area (Å²) in [6.45, 7) is 2.24. The largest absolute Gasteiger partial charge is 0.440 e. The second-order valence-corrected chi connectivity index (χ2v) is 9.55. The maximum atomic E-state index is 13.1. The van der Waals surface area contributed by atoms with Gasteiger partial charge in [0.1, 0.15) is 0 Å². The van der Waals surface area contributed by atoms with E-state index < -0.39 is 21.6 Å². The van der Waals surface area contributed by atoms with E-state index in [1.165, 1.54) is 27.2 Å². The molecule has 31 heavy (non-hydrogen) atoms. The van der Waals surface area contributed by atoms with Crippen LogP contribution >= 0.6 is 0 Å². The molecular formula is C22H23N3O5S. The Balaban J connectivity index is 1.62. The van der Waals surface area contributed by atoms with Crippen LogP contribution in [0.4, 0.5) is 0 Å². The summed E-state index contributed by atoms with van der Waals surface area (Å²) in [6.07, 6.45) is 2.03. The van der Waals surface area contributed by atoms with Crippen molar-refractivity contribution in [3.63, 3.8) is 0 Å². The van der Waals surface area contributed by atoms with Gasteiger partial charge in [0.05, 0.1) is 10.5 Å². The number of fused-ring (bicyclic) bond motifs is 1. The minimum absolute atomic E-state index is 0.0694. The van der Waals surface area contributed by atoms with Crippen molar-refractivity contribution in [2.24, 2.45) is 5.73 Å². The highest BCUT2D eigenvalue weighted by Crippen LogP contribution is 2.26. The van der Waals surface area contributed by atoms with E-state index in [-0.39, 0.29) is 29.6 Å². The smallest absolute Gasteiger partial charge is 0.339 e. The first-order valence-electron chi connectivity index (χ1n) is 9.89. The van der Waals surface area contributed by atoms with Crippen LogP contribution in [0.5, 0.6) is 0 Å². The number of carbonyl (C=O) groups is 1. The van der Waals surface area contributed by atoms with E-state index >= 15 is 0 Å². The molecule has 3 aromatic rings. The molecule has 1 aliphatic rings. The topological polar surface area (TPSA) is 112 Å². The van der Waals surface area contributed by atoms with E-state index in [4.69, 9.17) is 10.5 Å². The highest BCUT2D eigenvalue weighted by atomic mass is 32.2. The van der Waals surface area contributed by atoms with Crippen LogP contribution in [-0.4, -0.2) is 42.4 Å². The Kier molecular flexibility index (Phi) is 5.65. The van der Waals surface area contributed by atoms with Crippen LogP contribution in [0.1, 0.15) is 22.3 Å². The van der Waals surface area contributed by atoms with Gasteiger partial charge in [-0.15, -0.1) is 0 Å². The molecule has 1 aliphatic heterocycles. The zero-order valence-electron chi connectivity index (χ0n) is 17.0. The van der Waals surface area contributed by atoms with Crippen molar-refractivity contribution in [3.05, 3.63) is 76.2 Å². The second-order valence-electron chi connectivity index (χ2n) is 7.65. The van der Waals surface area contributed by atoms with Crippen LogP contribution < -0.4 is 11.3 Å². The maximum absolute atomic E-state index is 13.1. The summed E-state index contributed by atoms with van der Waals surface area (Å²) in [5, 5.41) is 0.563. The molecule has 2 aromatic carbocycles. The first kappa shape index (κ1) is 21.2. The molecule has 1 fully saturated rings. The lowest BCUT2D eigenvalue weighted by atomic mass is 10.1. The Morgan fingerprint density at radius 1 is 1.13 bits per heavy atom. The molecule has 0 amide bonds. The highest BCUT2D eigenvalue weighted by molar-refractivity contribution is 7.89. The molecule has 9 heteroatoms. The summed E-state index contributed by atoms with van der Waals surface area (Å²) in [6, 6.07) is 12.9. The first-order chi connectivity index (χ1) is 14.8. The zero-order valence-corrected chi connectivity index (χ0v) is 17.8. The fourth-order valence-electron chi connectivity index (χ4n) is 3.63. The SMILES string of the molecule is Cc1ccc(C(=O)OCn2ccc3c(S(=O)(=O)N4CC[C@H](N)C4)cccc3c2=O)cc1. The van der Waals surface area contributed by atoms with Crippen molar-refractivity contribution in [1.29, 1.82) is 0 Å². The zero-order chi connectivity index (χ0) is 22.2. The second kappa shape index (κ2) is 8.26. The average molecular weight is 442 g/mol. The number of ether oxygens (including phenoxy) is 1. The molecule has 0 saturated carbocycles. The number of benzene rings is 2. The molecule has 1 saturated heterocycles. The first-order valence-corrected chi connectivity index (χ1v) is 11.3. The number of hydrogen-bond acceptors (Lipinski definition) is 6. The third-order valence-corrected chi connectivity index (χ3v) is 7.33. The van der Waals surface area contributed by atoms with Gasteiger partial charge in [-0.1, -0.05) is 23.8 Å². The van der Waals surface area contributed by atoms with Crippen LogP contribution in [-0.2, 0) is 21.5 Å². The van der Waals surface area contributed by atoms with E-state index in [2.05, 4.69) is 0 Å². The van der Waals surface area contributed by atoms with Crippen LogP contribution in [0.2, 0.25) is 0 Å². The predicted octanol–water partition coefficient (Wildman–Crippen LogP) is 1.85.